The maximum absolute atomic E-state index is 12.0. The zero-order valence-electron chi connectivity index (χ0n) is 11.9. The Morgan fingerprint density at radius 1 is 1.10 bits per heavy atom. The molecule has 0 radical (unpaired) electrons. The van der Waals surface area contributed by atoms with Gasteiger partial charge in [0.1, 0.15) is 11.5 Å². The summed E-state index contributed by atoms with van der Waals surface area (Å²) < 4.78 is 10.2. The van der Waals surface area contributed by atoms with E-state index in [2.05, 4.69) is 10.5 Å². The van der Waals surface area contributed by atoms with Gasteiger partial charge in [0.2, 0.25) is 0 Å². The number of ether oxygens (including phenoxy) is 2. The predicted molar refractivity (Wildman–Crippen MR) is 81.0 cm³/mol. The number of hydrogen-bond donors (Lipinski definition) is 1. The molecule has 0 aliphatic carbocycles. The molecule has 2 rings (SSSR count). The smallest absolute Gasteiger partial charge is 0.275 e. The van der Waals surface area contributed by atoms with Gasteiger partial charge in [-0.3, -0.25) is 4.79 Å². The summed E-state index contributed by atoms with van der Waals surface area (Å²) in [4.78, 5) is 12.0. The Balaban J connectivity index is 2.05. The van der Waals surface area contributed by atoms with Crippen LogP contribution >= 0.6 is 0 Å². The highest BCUT2D eigenvalue weighted by Crippen LogP contribution is 2.16. The minimum Gasteiger partial charge on any atom is -0.497 e. The topological polar surface area (TPSA) is 59.9 Å². The molecule has 21 heavy (non-hydrogen) atoms. The van der Waals surface area contributed by atoms with Crippen LogP contribution in [0.15, 0.2) is 53.6 Å². The standard InChI is InChI=1S/C16H16N2O3/c1-20-13-7-5-6-12(10-13)11-17-18-16(19)14-8-3-4-9-15(14)21-2/h3-11H,1-2H3,(H,18,19). The van der Waals surface area contributed by atoms with E-state index in [1.807, 2.05) is 24.3 Å². The number of hydrogen-bond acceptors (Lipinski definition) is 4. The zero-order chi connectivity index (χ0) is 15.1. The van der Waals surface area contributed by atoms with Crippen molar-refractivity contribution in [3.8, 4) is 11.5 Å². The van der Waals surface area contributed by atoms with Gasteiger partial charge in [-0.15, -0.1) is 0 Å². The Morgan fingerprint density at radius 2 is 1.90 bits per heavy atom. The van der Waals surface area contributed by atoms with Gasteiger partial charge in [0.05, 0.1) is 26.0 Å². The fourth-order valence-corrected chi connectivity index (χ4v) is 1.78. The maximum atomic E-state index is 12.0. The van der Waals surface area contributed by atoms with Crippen LogP contribution < -0.4 is 14.9 Å². The van der Waals surface area contributed by atoms with Gasteiger partial charge in [0, 0.05) is 0 Å². The molecule has 0 spiro atoms. The third-order valence-electron chi connectivity index (χ3n) is 2.83. The lowest BCUT2D eigenvalue weighted by atomic mass is 10.2. The van der Waals surface area contributed by atoms with Gasteiger partial charge in [-0.1, -0.05) is 24.3 Å². The van der Waals surface area contributed by atoms with Crippen LogP contribution in [0.4, 0.5) is 0 Å². The zero-order valence-corrected chi connectivity index (χ0v) is 11.9. The van der Waals surface area contributed by atoms with Crippen LogP contribution in [0.1, 0.15) is 15.9 Å². The molecular formula is C16H16N2O3. The summed E-state index contributed by atoms with van der Waals surface area (Å²) in [5.41, 5.74) is 3.73. The quantitative estimate of drug-likeness (QED) is 0.677. The van der Waals surface area contributed by atoms with Gasteiger partial charge < -0.3 is 9.47 Å². The van der Waals surface area contributed by atoms with E-state index in [9.17, 15) is 4.79 Å². The van der Waals surface area contributed by atoms with Gasteiger partial charge in [0.25, 0.3) is 5.91 Å². The second-order valence-corrected chi connectivity index (χ2v) is 4.18. The van der Waals surface area contributed by atoms with Crippen molar-refractivity contribution >= 4 is 12.1 Å². The molecule has 1 N–H and O–H groups in total. The molecule has 0 fully saturated rings. The first-order valence-corrected chi connectivity index (χ1v) is 6.35. The molecular weight excluding hydrogens is 268 g/mol. The van der Waals surface area contributed by atoms with E-state index in [0.717, 1.165) is 11.3 Å². The molecule has 0 saturated heterocycles. The molecule has 0 atom stereocenters. The second-order valence-electron chi connectivity index (χ2n) is 4.18. The number of hydrazone groups is 1. The van der Waals surface area contributed by atoms with Crippen LogP contribution in [0.25, 0.3) is 0 Å². The number of nitrogens with zero attached hydrogens (tertiary/aromatic N) is 1. The maximum Gasteiger partial charge on any atom is 0.275 e. The number of methoxy groups -OCH3 is 2. The van der Waals surface area contributed by atoms with Gasteiger partial charge in [-0.25, -0.2) is 5.43 Å². The molecule has 1 amide bonds. The molecule has 0 heterocycles. The number of benzene rings is 2. The summed E-state index contributed by atoms with van der Waals surface area (Å²) in [5, 5.41) is 3.93. The average molecular weight is 284 g/mol. The normalized spacial score (nSPS) is 10.4. The summed E-state index contributed by atoms with van der Waals surface area (Å²) >= 11 is 0. The van der Waals surface area contributed by atoms with Crippen molar-refractivity contribution in [2.75, 3.05) is 14.2 Å². The summed E-state index contributed by atoms with van der Waals surface area (Å²) in [6.45, 7) is 0. The number of amides is 1. The van der Waals surface area contributed by atoms with Crippen LogP contribution in [-0.4, -0.2) is 26.3 Å². The lowest BCUT2D eigenvalue weighted by Crippen LogP contribution is -2.18. The fraction of sp³-hybridized carbons (Fsp3) is 0.125. The Bertz CT molecular complexity index is 653. The largest absolute Gasteiger partial charge is 0.497 e. The highest BCUT2D eigenvalue weighted by Gasteiger charge is 2.09. The van der Waals surface area contributed by atoms with E-state index in [1.165, 1.54) is 7.11 Å². The Morgan fingerprint density at radius 3 is 2.67 bits per heavy atom. The van der Waals surface area contributed by atoms with Crippen molar-refractivity contribution in [3.05, 3.63) is 59.7 Å². The monoisotopic (exact) mass is 284 g/mol. The highest BCUT2D eigenvalue weighted by atomic mass is 16.5. The number of rotatable bonds is 5. The minimum absolute atomic E-state index is 0.327. The molecule has 0 saturated carbocycles. The van der Waals surface area contributed by atoms with Crippen molar-refractivity contribution in [3.63, 3.8) is 0 Å². The third-order valence-corrected chi connectivity index (χ3v) is 2.83. The first-order valence-electron chi connectivity index (χ1n) is 6.35. The summed E-state index contributed by atoms with van der Waals surface area (Å²) in [6, 6.07) is 14.3. The van der Waals surface area contributed by atoms with E-state index >= 15 is 0 Å². The molecule has 0 aliphatic rings. The lowest BCUT2D eigenvalue weighted by Gasteiger charge is -2.06. The van der Waals surface area contributed by atoms with Gasteiger partial charge in [-0.05, 0) is 29.8 Å². The minimum atomic E-state index is -0.327. The van der Waals surface area contributed by atoms with Crippen LogP contribution in [-0.2, 0) is 0 Å². The van der Waals surface area contributed by atoms with Gasteiger partial charge in [0.15, 0.2) is 0 Å². The molecule has 0 aliphatic heterocycles. The Labute approximate surface area is 123 Å². The predicted octanol–water partition coefficient (Wildman–Crippen LogP) is 2.47. The molecule has 0 aromatic heterocycles. The second kappa shape index (κ2) is 7.09. The molecule has 2 aromatic rings. The van der Waals surface area contributed by atoms with Crippen molar-refractivity contribution in [1.29, 1.82) is 0 Å². The highest BCUT2D eigenvalue weighted by molar-refractivity contribution is 5.97. The van der Waals surface area contributed by atoms with Crippen molar-refractivity contribution in [2.45, 2.75) is 0 Å². The van der Waals surface area contributed by atoms with E-state index in [0.29, 0.717) is 11.3 Å². The third kappa shape index (κ3) is 3.82. The van der Waals surface area contributed by atoms with Crippen LogP contribution in [0.5, 0.6) is 11.5 Å². The Kier molecular flexibility index (Phi) is 4.93. The molecule has 5 nitrogen and oxygen atoms in total. The van der Waals surface area contributed by atoms with Crippen molar-refractivity contribution < 1.29 is 14.3 Å². The SMILES string of the molecule is COc1cccc(C=NNC(=O)c2ccccc2OC)c1. The lowest BCUT2D eigenvalue weighted by molar-refractivity contribution is 0.0952. The molecule has 0 bridgehead atoms. The number of nitrogens with one attached hydrogen (secondary N) is 1. The fourth-order valence-electron chi connectivity index (χ4n) is 1.78. The number of carbonyl (C=O) groups is 1. The van der Waals surface area contributed by atoms with E-state index in [4.69, 9.17) is 9.47 Å². The van der Waals surface area contributed by atoms with Crippen molar-refractivity contribution in [2.24, 2.45) is 5.10 Å². The van der Waals surface area contributed by atoms with Crippen LogP contribution in [0.2, 0.25) is 0 Å². The van der Waals surface area contributed by atoms with E-state index < -0.39 is 0 Å². The van der Waals surface area contributed by atoms with E-state index in [-0.39, 0.29) is 5.91 Å². The summed E-state index contributed by atoms with van der Waals surface area (Å²) in [5.74, 6) is 0.910. The van der Waals surface area contributed by atoms with Gasteiger partial charge >= 0.3 is 0 Å². The van der Waals surface area contributed by atoms with Crippen LogP contribution in [0, 0.1) is 0 Å². The van der Waals surface area contributed by atoms with Crippen molar-refractivity contribution in [1.82, 2.24) is 5.43 Å². The average Bonchev–Trinajstić information content (AvgIpc) is 2.55. The molecule has 5 heteroatoms. The first-order chi connectivity index (χ1) is 10.2. The number of para-hydroxylation sites is 1. The number of carbonyl (C=O) groups excluding carboxylic acids is 1. The van der Waals surface area contributed by atoms with Gasteiger partial charge in [-0.2, -0.15) is 5.10 Å². The summed E-state index contributed by atoms with van der Waals surface area (Å²) in [6.07, 6.45) is 1.55. The van der Waals surface area contributed by atoms with Crippen LogP contribution in [0.3, 0.4) is 0 Å². The molecule has 108 valence electrons. The summed E-state index contributed by atoms with van der Waals surface area (Å²) in [7, 11) is 3.12. The molecule has 0 unspecified atom stereocenters. The van der Waals surface area contributed by atoms with E-state index in [1.54, 1.807) is 37.6 Å². The molecule has 2 aromatic carbocycles. The first kappa shape index (κ1) is 14.6. The Hall–Kier alpha value is -2.82.